The van der Waals surface area contributed by atoms with Crippen molar-refractivity contribution in [1.29, 1.82) is 0 Å². The molecule has 0 bridgehead atoms. The highest BCUT2D eigenvalue weighted by Gasteiger charge is 2.15. The van der Waals surface area contributed by atoms with E-state index in [1.807, 2.05) is 35.9 Å². The van der Waals surface area contributed by atoms with Crippen molar-refractivity contribution in [1.82, 2.24) is 10.2 Å². The first kappa shape index (κ1) is 14.8. The van der Waals surface area contributed by atoms with Crippen LogP contribution in [0.4, 0.5) is 0 Å². The Bertz CT molecular complexity index is 769. The monoisotopic (exact) mass is 332 g/mol. The van der Waals surface area contributed by atoms with E-state index in [0.717, 1.165) is 9.77 Å². The molecule has 0 radical (unpaired) electrons. The van der Waals surface area contributed by atoms with E-state index < -0.39 is 5.97 Å². The maximum Gasteiger partial charge on any atom is 0.339 e. The number of nitrogens with zero attached hydrogens (tertiary/aromatic N) is 2. The van der Waals surface area contributed by atoms with Crippen LogP contribution in [-0.4, -0.2) is 22.4 Å². The molecule has 22 heavy (non-hydrogen) atoms. The molecule has 0 atom stereocenters. The van der Waals surface area contributed by atoms with E-state index in [4.69, 9.17) is 9.15 Å². The second kappa shape index (κ2) is 6.76. The quantitative estimate of drug-likeness (QED) is 0.522. The first-order valence-corrected chi connectivity index (χ1v) is 8.55. The Morgan fingerprint density at radius 3 is 2.91 bits per heavy atom. The van der Waals surface area contributed by atoms with Crippen molar-refractivity contribution in [2.24, 2.45) is 0 Å². The summed E-state index contributed by atoms with van der Waals surface area (Å²) in [6.45, 7) is -0.0417. The third-order valence-electron chi connectivity index (χ3n) is 2.85. The zero-order chi connectivity index (χ0) is 15.4. The highest BCUT2D eigenvalue weighted by molar-refractivity contribution is 7.98. The fourth-order valence-electron chi connectivity index (χ4n) is 1.83. The van der Waals surface area contributed by atoms with Crippen LogP contribution in [0.3, 0.4) is 0 Å². The third-order valence-corrected chi connectivity index (χ3v) is 4.51. The Kier molecular flexibility index (Phi) is 4.55. The summed E-state index contributed by atoms with van der Waals surface area (Å²) in [5.41, 5.74) is 0.535. The SMILES string of the molecule is CSc1ccccc1C(=O)OCc1nnc(-c2cccs2)o1. The molecule has 0 aliphatic heterocycles. The third kappa shape index (κ3) is 3.20. The topological polar surface area (TPSA) is 65.2 Å². The summed E-state index contributed by atoms with van der Waals surface area (Å²) in [5.74, 6) is 0.310. The number of carbonyl (C=O) groups is 1. The zero-order valence-corrected chi connectivity index (χ0v) is 13.3. The molecule has 2 aromatic heterocycles. The van der Waals surface area contributed by atoms with Gasteiger partial charge < -0.3 is 9.15 Å². The molecule has 7 heteroatoms. The molecule has 0 N–H and O–H groups in total. The van der Waals surface area contributed by atoms with Crippen molar-refractivity contribution in [2.75, 3.05) is 6.26 Å². The first-order valence-electron chi connectivity index (χ1n) is 6.44. The number of aromatic nitrogens is 2. The Balaban J connectivity index is 1.66. The average molecular weight is 332 g/mol. The fourth-order valence-corrected chi connectivity index (χ4v) is 3.06. The van der Waals surface area contributed by atoms with Crippen molar-refractivity contribution < 1.29 is 13.9 Å². The molecule has 1 aromatic carbocycles. The first-order chi connectivity index (χ1) is 10.8. The molecule has 3 aromatic rings. The summed E-state index contributed by atoms with van der Waals surface area (Å²) in [6, 6.07) is 11.1. The van der Waals surface area contributed by atoms with Gasteiger partial charge in [0.25, 0.3) is 11.8 Å². The van der Waals surface area contributed by atoms with E-state index in [1.54, 1.807) is 12.1 Å². The van der Waals surface area contributed by atoms with Crippen molar-refractivity contribution in [3.8, 4) is 10.8 Å². The number of hydrogen-bond acceptors (Lipinski definition) is 7. The molecular weight excluding hydrogens is 320 g/mol. The summed E-state index contributed by atoms with van der Waals surface area (Å²) in [4.78, 5) is 13.9. The molecule has 112 valence electrons. The molecule has 0 spiro atoms. The molecular formula is C15H12N2O3S2. The van der Waals surface area contributed by atoms with Crippen LogP contribution in [0.25, 0.3) is 10.8 Å². The number of thiophene rings is 1. The van der Waals surface area contributed by atoms with Gasteiger partial charge in [-0.1, -0.05) is 18.2 Å². The molecule has 0 unspecified atom stereocenters. The van der Waals surface area contributed by atoms with Gasteiger partial charge >= 0.3 is 5.97 Å². The number of ether oxygens (including phenoxy) is 1. The summed E-state index contributed by atoms with van der Waals surface area (Å²) >= 11 is 3.01. The highest BCUT2D eigenvalue weighted by atomic mass is 32.2. The number of esters is 1. The van der Waals surface area contributed by atoms with Gasteiger partial charge in [0.15, 0.2) is 6.61 Å². The number of rotatable bonds is 5. The molecule has 5 nitrogen and oxygen atoms in total. The molecule has 2 heterocycles. The molecule has 3 rings (SSSR count). The highest BCUT2D eigenvalue weighted by Crippen LogP contribution is 2.24. The second-order valence-electron chi connectivity index (χ2n) is 4.25. The second-order valence-corrected chi connectivity index (χ2v) is 6.05. The lowest BCUT2D eigenvalue weighted by Crippen LogP contribution is -2.06. The lowest BCUT2D eigenvalue weighted by molar-refractivity contribution is 0.0434. The standard InChI is InChI=1S/C15H12N2O3S2/c1-21-11-6-3-2-5-10(11)15(18)19-9-13-16-17-14(20-13)12-7-4-8-22-12/h2-8H,9H2,1H3. The van der Waals surface area contributed by atoms with Gasteiger partial charge in [0.1, 0.15) is 0 Å². The Morgan fingerprint density at radius 2 is 2.14 bits per heavy atom. The minimum Gasteiger partial charge on any atom is -0.452 e. The van der Waals surface area contributed by atoms with E-state index in [-0.39, 0.29) is 12.5 Å². The Labute approximate surface area is 135 Å². The molecule has 0 aliphatic rings. The van der Waals surface area contributed by atoms with Crippen LogP contribution in [-0.2, 0) is 11.3 Å². The summed E-state index contributed by atoms with van der Waals surface area (Å²) < 4.78 is 10.7. The number of carbonyl (C=O) groups excluding carboxylic acids is 1. The minimum absolute atomic E-state index is 0.0417. The zero-order valence-electron chi connectivity index (χ0n) is 11.7. The van der Waals surface area contributed by atoms with Crippen molar-refractivity contribution in [3.05, 3.63) is 53.2 Å². The van der Waals surface area contributed by atoms with Gasteiger partial charge in [0.2, 0.25) is 0 Å². The van der Waals surface area contributed by atoms with E-state index in [0.29, 0.717) is 11.5 Å². The molecule has 0 fully saturated rings. The van der Waals surface area contributed by atoms with Gasteiger partial charge in [-0.25, -0.2) is 4.79 Å². The normalized spacial score (nSPS) is 10.6. The average Bonchev–Trinajstić information content (AvgIpc) is 3.23. The summed E-state index contributed by atoms with van der Waals surface area (Å²) in [5, 5.41) is 9.76. The van der Waals surface area contributed by atoms with Crippen LogP contribution in [0.5, 0.6) is 0 Å². The van der Waals surface area contributed by atoms with Crippen LogP contribution in [0.1, 0.15) is 16.2 Å². The molecule has 0 amide bonds. The fraction of sp³-hybridized carbons (Fsp3) is 0.133. The van der Waals surface area contributed by atoms with Gasteiger partial charge in [-0.15, -0.1) is 33.3 Å². The predicted octanol–water partition coefficient (Wildman–Crippen LogP) is 3.88. The van der Waals surface area contributed by atoms with Crippen LogP contribution in [0.2, 0.25) is 0 Å². The van der Waals surface area contributed by atoms with E-state index >= 15 is 0 Å². The maximum absolute atomic E-state index is 12.1. The minimum atomic E-state index is -0.402. The van der Waals surface area contributed by atoms with Crippen molar-refractivity contribution >= 4 is 29.1 Å². The van der Waals surface area contributed by atoms with E-state index in [1.165, 1.54) is 23.1 Å². The van der Waals surface area contributed by atoms with E-state index in [9.17, 15) is 4.79 Å². The smallest absolute Gasteiger partial charge is 0.339 e. The van der Waals surface area contributed by atoms with Gasteiger partial charge in [0.05, 0.1) is 10.4 Å². The van der Waals surface area contributed by atoms with E-state index in [2.05, 4.69) is 10.2 Å². The lowest BCUT2D eigenvalue weighted by atomic mass is 10.2. The largest absolute Gasteiger partial charge is 0.452 e. The molecule has 0 saturated heterocycles. The number of thioether (sulfide) groups is 1. The maximum atomic E-state index is 12.1. The number of hydrogen-bond donors (Lipinski definition) is 0. The molecule has 0 aliphatic carbocycles. The number of benzene rings is 1. The summed E-state index contributed by atoms with van der Waals surface area (Å²) in [6.07, 6.45) is 1.91. The lowest BCUT2D eigenvalue weighted by Gasteiger charge is -2.05. The van der Waals surface area contributed by atoms with Gasteiger partial charge in [-0.05, 0) is 29.8 Å². The van der Waals surface area contributed by atoms with Crippen molar-refractivity contribution in [3.63, 3.8) is 0 Å². The Morgan fingerprint density at radius 1 is 1.27 bits per heavy atom. The van der Waals surface area contributed by atoms with Crippen LogP contribution in [0, 0.1) is 0 Å². The predicted molar refractivity (Wildman–Crippen MR) is 85.0 cm³/mol. The van der Waals surface area contributed by atoms with Gasteiger partial charge in [-0.2, -0.15) is 0 Å². The van der Waals surface area contributed by atoms with Crippen LogP contribution < -0.4 is 0 Å². The van der Waals surface area contributed by atoms with Gasteiger partial charge in [-0.3, -0.25) is 0 Å². The Hall–Kier alpha value is -2.12. The molecule has 0 saturated carbocycles. The van der Waals surface area contributed by atoms with Crippen LogP contribution >= 0.6 is 23.1 Å². The summed E-state index contributed by atoms with van der Waals surface area (Å²) in [7, 11) is 0. The van der Waals surface area contributed by atoms with Gasteiger partial charge in [0, 0.05) is 4.90 Å². The van der Waals surface area contributed by atoms with Crippen LogP contribution in [0.15, 0.2) is 51.1 Å². The van der Waals surface area contributed by atoms with Crippen molar-refractivity contribution in [2.45, 2.75) is 11.5 Å².